The number of hydrogen-bond donors (Lipinski definition) is 2. The van der Waals surface area contributed by atoms with Crippen molar-refractivity contribution in [3.05, 3.63) is 0 Å². The highest BCUT2D eigenvalue weighted by atomic mass is 16.2. The van der Waals surface area contributed by atoms with Gasteiger partial charge in [0.1, 0.15) is 5.78 Å². The molecular formula is C12H20N2O2. The maximum atomic E-state index is 11.9. The summed E-state index contributed by atoms with van der Waals surface area (Å²) in [5.41, 5.74) is 0. The summed E-state index contributed by atoms with van der Waals surface area (Å²) in [7, 11) is 0. The highest BCUT2D eigenvalue weighted by Crippen LogP contribution is 2.28. The van der Waals surface area contributed by atoms with Crippen LogP contribution in [0, 0.1) is 11.8 Å². The third-order valence-corrected chi connectivity index (χ3v) is 3.77. The minimum absolute atomic E-state index is 0.178. The molecule has 4 nitrogen and oxygen atoms in total. The fourth-order valence-electron chi connectivity index (χ4n) is 2.47. The molecule has 16 heavy (non-hydrogen) atoms. The Morgan fingerprint density at radius 3 is 2.31 bits per heavy atom. The van der Waals surface area contributed by atoms with Gasteiger partial charge in [-0.25, -0.2) is 0 Å². The highest BCUT2D eigenvalue weighted by molar-refractivity contribution is 5.81. The van der Waals surface area contributed by atoms with E-state index in [1.54, 1.807) is 6.92 Å². The molecule has 0 spiro atoms. The Balaban J connectivity index is 1.70. The van der Waals surface area contributed by atoms with E-state index in [0.29, 0.717) is 0 Å². The van der Waals surface area contributed by atoms with Crippen molar-refractivity contribution >= 4 is 11.7 Å². The number of rotatable bonds is 3. The van der Waals surface area contributed by atoms with Gasteiger partial charge < -0.3 is 10.6 Å². The van der Waals surface area contributed by atoms with E-state index >= 15 is 0 Å². The molecule has 2 N–H and O–H groups in total. The van der Waals surface area contributed by atoms with Crippen LogP contribution in [0.25, 0.3) is 0 Å². The second kappa shape index (κ2) is 4.95. The van der Waals surface area contributed by atoms with Crippen molar-refractivity contribution < 1.29 is 9.59 Å². The lowest BCUT2D eigenvalue weighted by molar-refractivity contribution is -0.130. The maximum Gasteiger partial charge on any atom is 0.223 e. The summed E-state index contributed by atoms with van der Waals surface area (Å²) in [5, 5.41) is 6.30. The standard InChI is InChI=1S/C12H20N2O2/c1-8(15)10-6-11(7-10)14-12(16)9-2-4-13-5-3-9/h9-11,13H,2-7H2,1H3,(H,14,16). The minimum atomic E-state index is 0.178. The van der Waals surface area contributed by atoms with Crippen LogP contribution in [0.5, 0.6) is 0 Å². The predicted octanol–water partition coefficient (Wildman–Crippen LogP) is 0.470. The van der Waals surface area contributed by atoms with Gasteiger partial charge in [0.05, 0.1) is 0 Å². The van der Waals surface area contributed by atoms with E-state index in [1.807, 2.05) is 0 Å². The van der Waals surface area contributed by atoms with Crippen LogP contribution in [0.4, 0.5) is 0 Å². The summed E-state index contributed by atoms with van der Waals surface area (Å²) in [5.74, 6) is 0.816. The molecule has 1 aliphatic heterocycles. The van der Waals surface area contributed by atoms with Crippen LogP contribution in [-0.4, -0.2) is 30.8 Å². The number of amides is 1. The van der Waals surface area contributed by atoms with Gasteiger partial charge in [-0.1, -0.05) is 0 Å². The number of Topliss-reactive ketones (excluding diaryl/α,β-unsaturated/α-hetero) is 1. The zero-order chi connectivity index (χ0) is 11.5. The largest absolute Gasteiger partial charge is 0.353 e. The lowest BCUT2D eigenvalue weighted by Crippen LogP contribution is -2.49. The predicted molar refractivity (Wildman–Crippen MR) is 60.9 cm³/mol. The van der Waals surface area contributed by atoms with E-state index in [0.717, 1.165) is 38.8 Å². The Morgan fingerprint density at radius 1 is 1.12 bits per heavy atom. The van der Waals surface area contributed by atoms with E-state index in [-0.39, 0.29) is 29.6 Å². The van der Waals surface area contributed by atoms with Crippen molar-refractivity contribution in [1.29, 1.82) is 0 Å². The first-order chi connectivity index (χ1) is 7.66. The summed E-state index contributed by atoms with van der Waals surface area (Å²) in [6.45, 7) is 3.52. The number of ketones is 1. The Labute approximate surface area is 96.2 Å². The Kier molecular flexibility index (Phi) is 3.59. The van der Waals surface area contributed by atoms with Gasteiger partial charge in [0.25, 0.3) is 0 Å². The summed E-state index contributed by atoms with van der Waals surface area (Å²) in [6, 6.07) is 0.247. The molecule has 0 bridgehead atoms. The molecule has 90 valence electrons. The highest BCUT2D eigenvalue weighted by Gasteiger charge is 2.34. The van der Waals surface area contributed by atoms with Crippen LogP contribution in [-0.2, 0) is 9.59 Å². The zero-order valence-corrected chi connectivity index (χ0v) is 9.79. The van der Waals surface area contributed by atoms with Gasteiger partial charge >= 0.3 is 0 Å². The van der Waals surface area contributed by atoms with E-state index in [9.17, 15) is 9.59 Å². The van der Waals surface area contributed by atoms with Crippen molar-refractivity contribution in [1.82, 2.24) is 10.6 Å². The molecule has 1 saturated carbocycles. The summed E-state index contributed by atoms with van der Waals surface area (Å²) in [6.07, 6.45) is 3.56. The summed E-state index contributed by atoms with van der Waals surface area (Å²) >= 11 is 0. The van der Waals surface area contributed by atoms with Crippen LogP contribution in [0.15, 0.2) is 0 Å². The van der Waals surface area contributed by atoms with Crippen molar-refractivity contribution in [2.45, 2.75) is 38.6 Å². The molecule has 1 saturated heterocycles. The molecule has 1 amide bonds. The number of carbonyl (C=O) groups excluding carboxylic acids is 2. The molecular weight excluding hydrogens is 204 g/mol. The van der Waals surface area contributed by atoms with Gasteiger partial charge in [-0.15, -0.1) is 0 Å². The molecule has 0 radical (unpaired) electrons. The van der Waals surface area contributed by atoms with Crippen molar-refractivity contribution in [2.75, 3.05) is 13.1 Å². The Bertz CT molecular complexity index is 279. The van der Waals surface area contributed by atoms with E-state index in [4.69, 9.17) is 0 Å². The van der Waals surface area contributed by atoms with Gasteiger partial charge in [0.15, 0.2) is 0 Å². The van der Waals surface area contributed by atoms with Crippen molar-refractivity contribution in [3.8, 4) is 0 Å². The Hall–Kier alpha value is -0.900. The molecule has 1 aliphatic carbocycles. The van der Waals surface area contributed by atoms with Gasteiger partial charge in [0.2, 0.25) is 5.91 Å². The molecule has 0 aromatic heterocycles. The first kappa shape index (κ1) is 11.6. The van der Waals surface area contributed by atoms with Crippen LogP contribution < -0.4 is 10.6 Å². The summed E-state index contributed by atoms with van der Waals surface area (Å²) < 4.78 is 0. The van der Waals surface area contributed by atoms with Crippen LogP contribution in [0.2, 0.25) is 0 Å². The van der Waals surface area contributed by atoms with E-state index in [1.165, 1.54) is 0 Å². The second-order valence-corrected chi connectivity index (χ2v) is 5.01. The lowest BCUT2D eigenvalue weighted by atomic mass is 9.77. The second-order valence-electron chi connectivity index (χ2n) is 5.01. The average Bonchev–Trinajstić information content (AvgIpc) is 2.23. The number of hydrogen-bond acceptors (Lipinski definition) is 3. The maximum absolute atomic E-state index is 11.9. The SMILES string of the molecule is CC(=O)C1CC(NC(=O)C2CCNCC2)C1. The van der Waals surface area contributed by atoms with Gasteiger partial charge in [-0.3, -0.25) is 9.59 Å². The lowest BCUT2D eigenvalue weighted by Gasteiger charge is -2.35. The van der Waals surface area contributed by atoms with Crippen molar-refractivity contribution in [3.63, 3.8) is 0 Å². The fraction of sp³-hybridized carbons (Fsp3) is 0.833. The normalized spacial score (nSPS) is 30.6. The topological polar surface area (TPSA) is 58.2 Å². The summed E-state index contributed by atoms with van der Waals surface area (Å²) in [4.78, 5) is 22.9. The number of piperidine rings is 1. The molecule has 1 heterocycles. The van der Waals surface area contributed by atoms with Gasteiger partial charge in [-0.2, -0.15) is 0 Å². The smallest absolute Gasteiger partial charge is 0.223 e. The van der Waals surface area contributed by atoms with Crippen LogP contribution in [0.1, 0.15) is 32.6 Å². The quantitative estimate of drug-likeness (QED) is 0.732. The number of nitrogens with one attached hydrogen (secondary N) is 2. The molecule has 2 aliphatic rings. The van der Waals surface area contributed by atoms with Crippen LogP contribution in [0.3, 0.4) is 0 Å². The molecule has 0 unspecified atom stereocenters. The average molecular weight is 224 g/mol. The molecule has 2 fully saturated rings. The Morgan fingerprint density at radius 2 is 1.75 bits per heavy atom. The first-order valence-electron chi connectivity index (χ1n) is 6.18. The van der Waals surface area contributed by atoms with E-state index in [2.05, 4.69) is 10.6 Å². The zero-order valence-electron chi connectivity index (χ0n) is 9.79. The van der Waals surface area contributed by atoms with Crippen LogP contribution >= 0.6 is 0 Å². The number of carbonyl (C=O) groups is 2. The van der Waals surface area contributed by atoms with Gasteiger partial charge in [0, 0.05) is 17.9 Å². The third-order valence-electron chi connectivity index (χ3n) is 3.77. The minimum Gasteiger partial charge on any atom is -0.353 e. The fourth-order valence-corrected chi connectivity index (χ4v) is 2.47. The molecule has 0 atom stereocenters. The molecule has 2 rings (SSSR count). The van der Waals surface area contributed by atoms with E-state index < -0.39 is 0 Å². The van der Waals surface area contributed by atoms with Crippen molar-refractivity contribution in [2.24, 2.45) is 11.8 Å². The third kappa shape index (κ3) is 2.61. The molecule has 0 aromatic carbocycles. The van der Waals surface area contributed by atoms with Gasteiger partial charge in [-0.05, 0) is 45.7 Å². The molecule has 0 aromatic rings. The first-order valence-corrected chi connectivity index (χ1v) is 6.18. The molecule has 4 heteroatoms. The monoisotopic (exact) mass is 224 g/mol.